The topological polar surface area (TPSA) is 146 Å². The third-order valence-corrected chi connectivity index (χ3v) is 9.87. The number of hydrogen-bond acceptors (Lipinski definition) is 8. The first-order chi connectivity index (χ1) is 22.4. The molecule has 47 heavy (non-hydrogen) atoms. The molecule has 2 N–H and O–H groups in total. The summed E-state index contributed by atoms with van der Waals surface area (Å²) in [7, 11) is -1.26. The van der Waals surface area contributed by atoms with Crippen molar-refractivity contribution in [2.24, 2.45) is 5.41 Å². The molecular weight excluding hydrogens is 620 g/mol. The van der Waals surface area contributed by atoms with E-state index in [-0.39, 0.29) is 28.6 Å². The average molecular weight is 677 g/mol. The Morgan fingerprint density at radius 1 is 0.894 bits per heavy atom. The van der Waals surface area contributed by atoms with Crippen LogP contribution >= 0.6 is 0 Å². The van der Waals surface area contributed by atoms with Gasteiger partial charge in [0.05, 0.1) is 42.6 Å². The van der Waals surface area contributed by atoms with Crippen LogP contribution in [0.2, 0.25) is 0 Å². The summed E-state index contributed by atoms with van der Waals surface area (Å²) < 4.78 is 39.6. The van der Waals surface area contributed by atoms with Crippen LogP contribution in [0.5, 0.6) is 6.01 Å². The number of Topliss-reactive ketones (excluding diaryl/α,β-unsaturated/α-hetero) is 1. The monoisotopic (exact) mass is 676 g/mol. The first-order valence-electron chi connectivity index (χ1n) is 17.0. The summed E-state index contributed by atoms with van der Waals surface area (Å²) in [6.45, 7) is 6.92. The van der Waals surface area contributed by atoms with Gasteiger partial charge in [-0.15, -0.1) is 0 Å². The Kier molecular flexibility index (Phi) is 17.2. The van der Waals surface area contributed by atoms with Gasteiger partial charge in [0.1, 0.15) is 0 Å². The molecule has 0 spiro atoms. The maximum absolute atomic E-state index is 14.1. The highest BCUT2D eigenvalue weighted by atomic mass is 32.2. The Morgan fingerprint density at radius 2 is 1.45 bits per heavy atom. The number of nitrogens with one attached hydrogen (secondary N) is 2. The zero-order valence-electron chi connectivity index (χ0n) is 29.3. The van der Waals surface area contributed by atoms with Crippen LogP contribution in [0, 0.1) is 5.41 Å². The lowest BCUT2D eigenvalue weighted by molar-refractivity contribution is -0.114. The second kappa shape index (κ2) is 20.2. The standard InChI is InChI=1S/C35H56N4O7S/c1-7-8-9-10-11-12-13-14-15-16-17-18-19-20-24-46-34-37-25-30(33(42)45-6)39(34)29-23-21-22-28(38-27(2)40)31(29)32(41)35(3,4)26-47(43,44)36-5/h21-23,25,36H,7-20,24,26H2,1-6H3,(H,38,40). The number of ether oxygens (including phenoxy) is 2. The van der Waals surface area contributed by atoms with Gasteiger partial charge in [0.2, 0.25) is 15.9 Å². The van der Waals surface area contributed by atoms with E-state index >= 15 is 0 Å². The minimum atomic E-state index is -3.78. The molecule has 264 valence electrons. The van der Waals surface area contributed by atoms with Gasteiger partial charge in [-0.25, -0.2) is 22.9 Å². The van der Waals surface area contributed by atoms with Gasteiger partial charge >= 0.3 is 12.0 Å². The van der Waals surface area contributed by atoms with Crippen molar-refractivity contribution < 1.29 is 32.3 Å². The first-order valence-corrected chi connectivity index (χ1v) is 18.7. The number of imidazole rings is 1. The fourth-order valence-electron chi connectivity index (χ4n) is 5.59. The molecule has 0 saturated heterocycles. The molecule has 2 rings (SSSR count). The number of amides is 1. The number of sulfonamides is 1. The lowest BCUT2D eigenvalue weighted by Gasteiger charge is -2.26. The second-order valence-electron chi connectivity index (χ2n) is 12.8. The molecule has 1 aromatic carbocycles. The SMILES string of the molecule is CCCCCCCCCCCCCCCCOc1ncc(C(=O)OC)n1-c1cccc(NC(C)=O)c1C(=O)C(C)(C)CS(=O)(=O)NC. The van der Waals surface area contributed by atoms with E-state index in [0.717, 1.165) is 19.3 Å². The van der Waals surface area contributed by atoms with Crippen LogP contribution < -0.4 is 14.8 Å². The Hall–Kier alpha value is -3.25. The van der Waals surface area contributed by atoms with Gasteiger partial charge in [0, 0.05) is 12.3 Å². The summed E-state index contributed by atoms with van der Waals surface area (Å²) in [6.07, 6.45) is 18.6. The Bertz CT molecular complexity index is 1400. The summed E-state index contributed by atoms with van der Waals surface area (Å²) in [6, 6.07) is 4.83. The first kappa shape index (κ1) is 39.9. The quantitative estimate of drug-likeness (QED) is 0.0673. The molecule has 1 heterocycles. The van der Waals surface area contributed by atoms with Crippen molar-refractivity contribution in [2.75, 3.05) is 31.8 Å². The van der Waals surface area contributed by atoms with Gasteiger partial charge in [0.25, 0.3) is 0 Å². The number of ketones is 1. The molecule has 0 radical (unpaired) electrons. The van der Waals surface area contributed by atoms with Crippen LogP contribution in [0.4, 0.5) is 5.69 Å². The van der Waals surface area contributed by atoms with E-state index in [2.05, 4.69) is 21.9 Å². The van der Waals surface area contributed by atoms with Gasteiger partial charge in [-0.1, -0.05) is 110 Å². The smallest absolute Gasteiger partial charge is 0.356 e. The number of anilines is 1. The Balaban J connectivity index is 2.15. The van der Waals surface area contributed by atoms with Crippen molar-refractivity contribution in [3.63, 3.8) is 0 Å². The number of benzene rings is 1. The predicted octanol–water partition coefficient (Wildman–Crippen LogP) is 7.24. The fourth-order valence-corrected chi connectivity index (χ4v) is 6.81. The fraction of sp³-hybridized carbons (Fsp3) is 0.657. The van der Waals surface area contributed by atoms with E-state index in [4.69, 9.17) is 9.47 Å². The number of esters is 1. The predicted molar refractivity (Wildman–Crippen MR) is 186 cm³/mol. The highest BCUT2D eigenvalue weighted by Gasteiger charge is 2.37. The number of rotatable bonds is 24. The van der Waals surface area contributed by atoms with Crippen molar-refractivity contribution in [3.05, 3.63) is 35.7 Å². The number of hydrogen-bond donors (Lipinski definition) is 2. The number of methoxy groups -OCH3 is 1. The van der Waals surface area contributed by atoms with Crippen LogP contribution in [0.1, 0.15) is 138 Å². The zero-order chi connectivity index (χ0) is 34.9. The lowest BCUT2D eigenvalue weighted by Crippen LogP contribution is -2.38. The number of unbranched alkanes of at least 4 members (excludes halogenated alkanes) is 13. The van der Waals surface area contributed by atoms with Gasteiger partial charge in [-0.3, -0.25) is 14.2 Å². The highest BCUT2D eigenvalue weighted by Crippen LogP contribution is 2.35. The lowest BCUT2D eigenvalue weighted by atomic mass is 9.84. The van der Waals surface area contributed by atoms with Gasteiger partial charge in [-0.2, -0.15) is 0 Å². The normalized spacial score (nSPS) is 11.8. The molecule has 0 aliphatic heterocycles. The van der Waals surface area contributed by atoms with Crippen molar-refractivity contribution in [3.8, 4) is 11.7 Å². The van der Waals surface area contributed by atoms with Crippen molar-refractivity contribution >= 4 is 33.4 Å². The Morgan fingerprint density at radius 3 is 1.96 bits per heavy atom. The second-order valence-corrected chi connectivity index (χ2v) is 14.7. The Labute approximate surface area is 281 Å². The van der Waals surface area contributed by atoms with E-state index < -0.39 is 38.9 Å². The van der Waals surface area contributed by atoms with Crippen molar-refractivity contribution in [2.45, 2.75) is 118 Å². The van der Waals surface area contributed by atoms with Crippen LogP contribution in [0.25, 0.3) is 5.69 Å². The minimum Gasteiger partial charge on any atom is -0.464 e. The van der Waals surface area contributed by atoms with Crippen LogP contribution in [0.15, 0.2) is 24.4 Å². The molecule has 0 aliphatic carbocycles. The van der Waals surface area contributed by atoms with E-state index in [9.17, 15) is 22.8 Å². The van der Waals surface area contributed by atoms with E-state index in [1.807, 2.05) is 0 Å². The summed E-state index contributed by atoms with van der Waals surface area (Å²) in [5, 5.41) is 2.67. The number of carbonyl (C=O) groups is 3. The average Bonchev–Trinajstić information content (AvgIpc) is 3.45. The maximum Gasteiger partial charge on any atom is 0.356 e. The molecule has 1 aromatic heterocycles. The number of nitrogens with zero attached hydrogens (tertiary/aromatic N) is 2. The van der Waals surface area contributed by atoms with E-state index in [0.29, 0.717) is 6.61 Å². The van der Waals surface area contributed by atoms with E-state index in [1.54, 1.807) is 18.2 Å². The summed E-state index contributed by atoms with van der Waals surface area (Å²) >= 11 is 0. The number of aromatic nitrogens is 2. The molecule has 0 atom stereocenters. The molecule has 0 saturated carbocycles. The van der Waals surface area contributed by atoms with E-state index in [1.165, 1.54) is 116 Å². The highest BCUT2D eigenvalue weighted by molar-refractivity contribution is 7.89. The third-order valence-electron chi connectivity index (χ3n) is 8.15. The molecule has 0 fully saturated rings. The minimum absolute atomic E-state index is 0.0122. The molecule has 0 aliphatic rings. The maximum atomic E-state index is 14.1. The van der Waals surface area contributed by atoms with Crippen LogP contribution in [-0.2, 0) is 19.6 Å². The molecule has 11 nitrogen and oxygen atoms in total. The van der Waals surface area contributed by atoms with Crippen LogP contribution in [-0.4, -0.2) is 62.1 Å². The zero-order valence-corrected chi connectivity index (χ0v) is 30.1. The van der Waals surface area contributed by atoms with Gasteiger partial charge < -0.3 is 14.8 Å². The number of carbonyl (C=O) groups excluding carboxylic acids is 3. The molecule has 12 heteroatoms. The third kappa shape index (κ3) is 13.1. The van der Waals surface area contributed by atoms with Gasteiger partial charge in [0.15, 0.2) is 11.5 Å². The molecule has 0 bridgehead atoms. The largest absolute Gasteiger partial charge is 0.464 e. The van der Waals surface area contributed by atoms with Crippen LogP contribution in [0.3, 0.4) is 0 Å². The van der Waals surface area contributed by atoms with Crippen molar-refractivity contribution in [1.82, 2.24) is 14.3 Å². The molecule has 2 aromatic rings. The summed E-state index contributed by atoms with van der Waals surface area (Å²) in [5.41, 5.74) is -1.02. The molecule has 0 unspecified atom stereocenters. The van der Waals surface area contributed by atoms with Crippen molar-refractivity contribution in [1.29, 1.82) is 0 Å². The van der Waals surface area contributed by atoms with Gasteiger partial charge in [-0.05, 0) is 25.6 Å². The molecule has 1 amide bonds. The summed E-state index contributed by atoms with van der Waals surface area (Å²) in [5.74, 6) is -2.19. The molecular formula is C35H56N4O7S. The summed E-state index contributed by atoms with van der Waals surface area (Å²) in [4.78, 5) is 43.4.